The van der Waals surface area contributed by atoms with Gasteiger partial charge in [0.1, 0.15) is 12.4 Å². The average molecular weight is 208 g/mol. The highest BCUT2D eigenvalue weighted by atomic mass is 16.5. The minimum atomic E-state index is 0.0335. The van der Waals surface area contributed by atoms with Gasteiger partial charge in [-0.15, -0.1) is 0 Å². The Morgan fingerprint density at radius 1 is 1.53 bits per heavy atom. The summed E-state index contributed by atoms with van der Waals surface area (Å²) in [6, 6.07) is 7.23. The van der Waals surface area contributed by atoms with Gasteiger partial charge in [0.05, 0.1) is 6.54 Å². The molecule has 1 rings (SSSR count). The number of benzene rings is 1. The van der Waals surface area contributed by atoms with Crippen molar-refractivity contribution >= 4 is 11.6 Å². The predicted molar refractivity (Wildman–Crippen MR) is 59.7 cm³/mol. The molecule has 1 amide bonds. The van der Waals surface area contributed by atoms with Gasteiger partial charge in [-0.05, 0) is 12.1 Å². The van der Waals surface area contributed by atoms with E-state index < -0.39 is 0 Å². The van der Waals surface area contributed by atoms with E-state index in [-0.39, 0.29) is 5.91 Å². The molecular weight excluding hydrogens is 192 g/mol. The molecule has 0 heterocycles. The largest absolute Gasteiger partial charge is 0.492 e. The highest BCUT2D eigenvalue weighted by Crippen LogP contribution is 2.13. The van der Waals surface area contributed by atoms with Gasteiger partial charge in [0.2, 0.25) is 5.91 Å². The lowest BCUT2D eigenvalue weighted by atomic mass is 10.3. The van der Waals surface area contributed by atoms with Crippen LogP contribution in [0, 0.1) is 0 Å². The molecule has 0 spiro atoms. The Balaban J connectivity index is 2.35. The van der Waals surface area contributed by atoms with Crippen molar-refractivity contribution in [3.63, 3.8) is 0 Å². The number of carbonyl (C=O) groups excluding carboxylic acids is 1. The quantitative estimate of drug-likeness (QED) is 0.754. The van der Waals surface area contributed by atoms with E-state index in [1.54, 1.807) is 24.1 Å². The number of carbonyl (C=O) groups is 1. The molecule has 4 heteroatoms. The van der Waals surface area contributed by atoms with Crippen LogP contribution in [0.1, 0.15) is 6.92 Å². The second-order valence-electron chi connectivity index (χ2n) is 3.36. The van der Waals surface area contributed by atoms with Crippen molar-refractivity contribution in [1.29, 1.82) is 0 Å². The number of nitrogens with two attached hydrogens (primary N) is 1. The Kier molecular flexibility index (Phi) is 3.97. The topological polar surface area (TPSA) is 55.6 Å². The van der Waals surface area contributed by atoms with Crippen LogP contribution in [0.25, 0.3) is 0 Å². The van der Waals surface area contributed by atoms with Gasteiger partial charge in [0.15, 0.2) is 0 Å². The zero-order valence-electron chi connectivity index (χ0n) is 9.06. The van der Waals surface area contributed by atoms with Crippen LogP contribution in [0.2, 0.25) is 0 Å². The van der Waals surface area contributed by atoms with Crippen LogP contribution in [0.3, 0.4) is 0 Å². The van der Waals surface area contributed by atoms with E-state index in [0.29, 0.717) is 18.8 Å². The first kappa shape index (κ1) is 11.4. The number of hydrogen-bond donors (Lipinski definition) is 1. The van der Waals surface area contributed by atoms with Crippen LogP contribution in [-0.2, 0) is 4.79 Å². The van der Waals surface area contributed by atoms with Crippen molar-refractivity contribution < 1.29 is 9.53 Å². The molecule has 0 atom stereocenters. The molecule has 0 aliphatic heterocycles. The van der Waals surface area contributed by atoms with Gasteiger partial charge in [-0.1, -0.05) is 6.07 Å². The fourth-order valence-corrected chi connectivity index (χ4v) is 1.06. The van der Waals surface area contributed by atoms with E-state index in [1.165, 1.54) is 6.92 Å². The fraction of sp³-hybridized carbons (Fsp3) is 0.364. The molecule has 0 aliphatic carbocycles. The zero-order chi connectivity index (χ0) is 11.3. The van der Waals surface area contributed by atoms with Gasteiger partial charge in [-0.25, -0.2) is 0 Å². The molecule has 15 heavy (non-hydrogen) atoms. The third-order valence-corrected chi connectivity index (χ3v) is 2.09. The summed E-state index contributed by atoms with van der Waals surface area (Å²) >= 11 is 0. The normalized spacial score (nSPS) is 9.73. The Hall–Kier alpha value is -1.71. The molecular formula is C11H16N2O2. The number of nitrogen functional groups attached to an aromatic ring is 1. The lowest BCUT2D eigenvalue weighted by Gasteiger charge is -2.15. The molecule has 1 aromatic rings. The molecule has 0 aromatic heterocycles. The number of nitrogens with zero attached hydrogens (tertiary/aromatic N) is 1. The molecule has 0 aliphatic rings. The Morgan fingerprint density at radius 3 is 2.87 bits per heavy atom. The monoisotopic (exact) mass is 208 g/mol. The summed E-state index contributed by atoms with van der Waals surface area (Å²) in [5, 5.41) is 0. The summed E-state index contributed by atoms with van der Waals surface area (Å²) in [7, 11) is 1.74. The van der Waals surface area contributed by atoms with Crippen molar-refractivity contribution in [3.8, 4) is 5.75 Å². The first-order valence-electron chi connectivity index (χ1n) is 4.79. The molecule has 0 unspecified atom stereocenters. The van der Waals surface area contributed by atoms with Gasteiger partial charge in [0.25, 0.3) is 0 Å². The first-order valence-corrected chi connectivity index (χ1v) is 4.79. The minimum absolute atomic E-state index is 0.0335. The second kappa shape index (κ2) is 5.24. The van der Waals surface area contributed by atoms with Crippen LogP contribution in [-0.4, -0.2) is 31.0 Å². The summed E-state index contributed by atoms with van der Waals surface area (Å²) in [5.74, 6) is 0.762. The molecule has 4 nitrogen and oxygen atoms in total. The number of amides is 1. The first-order chi connectivity index (χ1) is 7.09. The smallest absolute Gasteiger partial charge is 0.219 e. The lowest BCUT2D eigenvalue weighted by molar-refractivity contribution is -0.127. The van der Waals surface area contributed by atoms with Crippen LogP contribution in [0.4, 0.5) is 5.69 Å². The molecule has 2 N–H and O–H groups in total. The molecule has 0 radical (unpaired) electrons. The van der Waals surface area contributed by atoms with Crippen LogP contribution in [0.15, 0.2) is 24.3 Å². The van der Waals surface area contributed by atoms with Crippen molar-refractivity contribution in [2.24, 2.45) is 0 Å². The zero-order valence-corrected chi connectivity index (χ0v) is 9.06. The third kappa shape index (κ3) is 3.89. The number of likely N-dealkylation sites (N-methyl/N-ethyl adjacent to an activating group) is 1. The van der Waals surface area contributed by atoms with E-state index in [2.05, 4.69) is 0 Å². The standard InChI is InChI=1S/C11H16N2O2/c1-9(14)13(2)6-7-15-11-5-3-4-10(12)8-11/h3-5,8H,6-7,12H2,1-2H3. The van der Waals surface area contributed by atoms with Gasteiger partial charge >= 0.3 is 0 Å². The van der Waals surface area contributed by atoms with Crippen molar-refractivity contribution in [2.75, 3.05) is 25.9 Å². The number of anilines is 1. The average Bonchev–Trinajstić information content (AvgIpc) is 2.17. The van der Waals surface area contributed by atoms with Crippen molar-refractivity contribution in [2.45, 2.75) is 6.92 Å². The maximum atomic E-state index is 10.9. The Morgan fingerprint density at radius 2 is 2.27 bits per heavy atom. The highest BCUT2D eigenvalue weighted by Gasteiger charge is 2.01. The van der Waals surface area contributed by atoms with E-state index >= 15 is 0 Å². The Bertz CT molecular complexity index is 339. The summed E-state index contributed by atoms with van der Waals surface area (Å²) in [6.45, 7) is 2.57. The second-order valence-corrected chi connectivity index (χ2v) is 3.36. The Labute approximate surface area is 89.6 Å². The van der Waals surface area contributed by atoms with E-state index in [9.17, 15) is 4.79 Å². The van der Waals surface area contributed by atoms with Gasteiger partial charge in [0, 0.05) is 25.7 Å². The van der Waals surface area contributed by atoms with Crippen LogP contribution in [0.5, 0.6) is 5.75 Å². The molecule has 1 aromatic carbocycles. The van der Waals surface area contributed by atoms with E-state index in [4.69, 9.17) is 10.5 Å². The number of rotatable bonds is 4. The fourth-order valence-electron chi connectivity index (χ4n) is 1.06. The summed E-state index contributed by atoms with van der Waals surface area (Å²) in [5.41, 5.74) is 6.27. The molecule has 0 fully saturated rings. The highest BCUT2D eigenvalue weighted by molar-refractivity contribution is 5.72. The predicted octanol–water partition coefficient (Wildman–Crippen LogP) is 1.13. The molecule has 0 saturated carbocycles. The maximum absolute atomic E-state index is 10.9. The maximum Gasteiger partial charge on any atom is 0.219 e. The molecule has 0 bridgehead atoms. The summed E-state index contributed by atoms with van der Waals surface area (Å²) < 4.78 is 5.43. The summed E-state index contributed by atoms with van der Waals surface area (Å²) in [4.78, 5) is 12.5. The van der Waals surface area contributed by atoms with Gasteiger partial charge < -0.3 is 15.4 Å². The third-order valence-electron chi connectivity index (χ3n) is 2.09. The number of ether oxygens (including phenoxy) is 1. The molecule has 0 saturated heterocycles. The van der Waals surface area contributed by atoms with Crippen molar-refractivity contribution in [3.05, 3.63) is 24.3 Å². The van der Waals surface area contributed by atoms with Crippen LogP contribution >= 0.6 is 0 Å². The minimum Gasteiger partial charge on any atom is -0.492 e. The lowest BCUT2D eigenvalue weighted by Crippen LogP contribution is -2.28. The van der Waals surface area contributed by atoms with Gasteiger partial charge in [-0.2, -0.15) is 0 Å². The van der Waals surface area contributed by atoms with Crippen molar-refractivity contribution in [1.82, 2.24) is 4.90 Å². The van der Waals surface area contributed by atoms with E-state index in [0.717, 1.165) is 5.75 Å². The van der Waals surface area contributed by atoms with Crippen LogP contribution < -0.4 is 10.5 Å². The SMILES string of the molecule is CC(=O)N(C)CCOc1cccc(N)c1. The van der Waals surface area contributed by atoms with E-state index in [1.807, 2.05) is 12.1 Å². The van der Waals surface area contributed by atoms with Gasteiger partial charge in [-0.3, -0.25) is 4.79 Å². The number of hydrogen-bond acceptors (Lipinski definition) is 3. The summed E-state index contributed by atoms with van der Waals surface area (Å²) in [6.07, 6.45) is 0. The molecule has 82 valence electrons.